The van der Waals surface area contributed by atoms with Gasteiger partial charge in [-0.15, -0.1) is 6.42 Å². The number of nitrogens with one attached hydrogen (secondary N) is 2. The fourth-order valence-electron chi connectivity index (χ4n) is 2.86. The summed E-state index contributed by atoms with van der Waals surface area (Å²) in [5.74, 6) is 0.0999. The molecule has 0 spiro atoms. The number of alkyl halides is 3. The lowest BCUT2D eigenvalue weighted by molar-refractivity contribution is -0.192. The summed E-state index contributed by atoms with van der Waals surface area (Å²) < 4.78 is 42.5. The van der Waals surface area contributed by atoms with Gasteiger partial charge in [-0.25, -0.2) is 4.79 Å². The lowest BCUT2D eigenvalue weighted by Crippen LogP contribution is -2.28. The average molecular weight is 550 g/mol. The molecule has 0 fully saturated rings. The van der Waals surface area contributed by atoms with Crippen LogP contribution in [-0.2, 0) is 9.59 Å². The molecule has 9 nitrogen and oxygen atoms in total. The van der Waals surface area contributed by atoms with Crippen molar-refractivity contribution in [1.82, 2.24) is 10.2 Å². The number of rotatable bonds is 11. The number of para-hydroxylation sites is 1. The summed E-state index contributed by atoms with van der Waals surface area (Å²) in [6.07, 6.45) is 4.01. The highest BCUT2D eigenvalue weighted by Crippen LogP contribution is 2.28. The number of halogens is 3. The summed E-state index contributed by atoms with van der Waals surface area (Å²) in [5, 5.41) is 12.8. The van der Waals surface area contributed by atoms with Crippen molar-refractivity contribution in [3.63, 3.8) is 0 Å². The van der Waals surface area contributed by atoms with Crippen LogP contribution in [0.3, 0.4) is 0 Å². The molecule has 0 unspecified atom stereocenters. The third-order valence-corrected chi connectivity index (χ3v) is 4.67. The highest BCUT2D eigenvalue weighted by atomic mass is 19.4. The van der Waals surface area contributed by atoms with Gasteiger partial charge in [0, 0.05) is 12.6 Å². The quantitative estimate of drug-likeness (QED) is 0.222. The molecule has 0 heterocycles. The van der Waals surface area contributed by atoms with Crippen molar-refractivity contribution < 1.29 is 42.1 Å². The number of carbonyl (C=O) groups excluding carboxylic acids is 2. The molecule has 0 saturated carbocycles. The number of carboxylic acid groups (broad SMARTS) is 1. The minimum Gasteiger partial charge on any atom is -0.493 e. The summed E-state index contributed by atoms with van der Waals surface area (Å²) in [4.78, 5) is 35.9. The van der Waals surface area contributed by atoms with Crippen LogP contribution in [0.2, 0.25) is 0 Å². The number of hydrogen-bond donors (Lipinski definition) is 3. The molecule has 0 aliphatic heterocycles. The first kappa shape index (κ1) is 32.5. The number of carbonyl (C=O) groups is 3. The molecule has 2 rings (SSSR count). The van der Waals surface area contributed by atoms with Crippen molar-refractivity contribution in [3.05, 3.63) is 59.7 Å². The Morgan fingerprint density at radius 3 is 2.38 bits per heavy atom. The van der Waals surface area contributed by atoms with E-state index >= 15 is 0 Å². The third-order valence-electron chi connectivity index (χ3n) is 4.67. The molecule has 210 valence electrons. The van der Waals surface area contributed by atoms with Crippen molar-refractivity contribution in [2.75, 3.05) is 46.2 Å². The van der Waals surface area contributed by atoms with Gasteiger partial charge < -0.3 is 30.1 Å². The van der Waals surface area contributed by atoms with E-state index in [2.05, 4.69) is 21.5 Å². The van der Waals surface area contributed by atoms with E-state index in [-0.39, 0.29) is 18.4 Å². The maximum Gasteiger partial charge on any atom is 0.490 e. The number of anilines is 1. The number of amides is 2. The molecule has 12 heteroatoms. The Morgan fingerprint density at radius 2 is 1.79 bits per heavy atom. The van der Waals surface area contributed by atoms with Crippen LogP contribution in [-0.4, -0.2) is 74.9 Å². The first-order valence-electron chi connectivity index (χ1n) is 11.4. The topological polar surface area (TPSA) is 117 Å². The smallest absolute Gasteiger partial charge is 0.490 e. The Hall–Kier alpha value is -4.50. The molecule has 0 radical (unpaired) electrons. The van der Waals surface area contributed by atoms with Crippen LogP contribution in [0.5, 0.6) is 11.5 Å². The summed E-state index contributed by atoms with van der Waals surface area (Å²) in [5.41, 5.74) is 1.61. The van der Waals surface area contributed by atoms with Gasteiger partial charge in [-0.1, -0.05) is 24.1 Å². The third kappa shape index (κ3) is 12.5. The SMILES string of the molecule is C#CCOc1ccc(/C=C/C(=O)Nc2ccccc2C(=O)NCCCN(C)C)cc1OC.O=C(O)C(F)(F)F. The molecule has 2 amide bonds. The number of benzene rings is 2. The fraction of sp³-hybridized carbons (Fsp3) is 0.296. The Morgan fingerprint density at radius 1 is 1.13 bits per heavy atom. The van der Waals surface area contributed by atoms with Crippen LogP contribution >= 0.6 is 0 Å². The molecule has 0 atom stereocenters. The Labute approximate surface area is 224 Å². The number of nitrogens with zero attached hydrogens (tertiary/aromatic N) is 1. The van der Waals surface area contributed by atoms with E-state index in [4.69, 9.17) is 25.8 Å². The molecule has 2 aromatic rings. The Bertz CT molecular complexity index is 1190. The van der Waals surface area contributed by atoms with Gasteiger partial charge >= 0.3 is 12.1 Å². The van der Waals surface area contributed by atoms with E-state index in [1.165, 1.54) is 13.2 Å². The van der Waals surface area contributed by atoms with Crippen LogP contribution < -0.4 is 20.1 Å². The largest absolute Gasteiger partial charge is 0.493 e. The molecular formula is C27H30F3N3O6. The zero-order chi connectivity index (χ0) is 29.4. The Kier molecular flexibility index (Phi) is 13.6. The van der Waals surface area contributed by atoms with Crippen LogP contribution in [0.25, 0.3) is 6.08 Å². The van der Waals surface area contributed by atoms with E-state index in [0.717, 1.165) is 18.5 Å². The molecule has 2 aromatic carbocycles. The molecule has 0 bridgehead atoms. The molecule has 3 N–H and O–H groups in total. The van der Waals surface area contributed by atoms with Gasteiger partial charge in [0.15, 0.2) is 11.5 Å². The van der Waals surface area contributed by atoms with E-state index < -0.39 is 12.1 Å². The van der Waals surface area contributed by atoms with Crippen molar-refractivity contribution in [1.29, 1.82) is 0 Å². The van der Waals surface area contributed by atoms with Crippen molar-refractivity contribution in [3.8, 4) is 23.8 Å². The van der Waals surface area contributed by atoms with Crippen LogP contribution in [0.1, 0.15) is 22.3 Å². The van der Waals surface area contributed by atoms with Crippen LogP contribution in [0.4, 0.5) is 18.9 Å². The number of carboxylic acids is 1. The average Bonchev–Trinajstić information content (AvgIpc) is 2.88. The molecule has 39 heavy (non-hydrogen) atoms. The molecule has 0 aliphatic rings. The zero-order valence-electron chi connectivity index (χ0n) is 21.7. The first-order chi connectivity index (χ1) is 18.4. The molecular weight excluding hydrogens is 519 g/mol. The summed E-state index contributed by atoms with van der Waals surface area (Å²) in [7, 11) is 5.50. The summed E-state index contributed by atoms with van der Waals surface area (Å²) in [6, 6.07) is 12.2. The minimum atomic E-state index is -5.08. The number of aliphatic carboxylic acids is 1. The van der Waals surface area contributed by atoms with Gasteiger partial charge in [0.1, 0.15) is 6.61 Å². The maximum absolute atomic E-state index is 12.5. The lowest BCUT2D eigenvalue weighted by atomic mass is 10.1. The lowest BCUT2D eigenvalue weighted by Gasteiger charge is -2.12. The summed E-state index contributed by atoms with van der Waals surface area (Å²) >= 11 is 0. The van der Waals surface area contributed by atoms with Gasteiger partial charge in [0.05, 0.1) is 18.4 Å². The highest BCUT2D eigenvalue weighted by molar-refractivity contribution is 6.07. The van der Waals surface area contributed by atoms with Gasteiger partial charge in [-0.05, 0) is 63.0 Å². The van der Waals surface area contributed by atoms with Crippen molar-refractivity contribution in [2.45, 2.75) is 12.6 Å². The van der Waals surface area contributed by atoms with E-state index in [1.54, 1.807) is 48.5 Å². The Balaban J connectivity index is 0.000000956. The normalized spacial score (nSPS) is 10.7. The van der Waals surface area contributed by atoms with Gasteiger partial charge in [0.25, 0.3) is 5.91 Å². The predicted octanol–water partition coefficient (Wildman–Crippen LogP) is 3.67. The fourth-order valence-corrected chi connectivity index (χ4v) is 2.86. The highest BCUT2D eigenvalue weighted by Gasteiger charge is 2.38. The molecule has 0 aliphatic carbocycles. The second kappa shape index (κ2) is 16.4. The number of methoxy groups -OCH3 is 1. The van der Waals surface area contributed by atoms with Crippen molar-refractivity contribution >= 4 is 29.5 Å². The second-order valence-electron chi connectivity index (χ2n) is 7.99. The zero-order valence-corrected chi connectivity index (χ0v) is 21.7. The van der Waals surface area contributed by atoms with Crippen LogP contribution in [0, 0.1) is 12.3 Å². The van der Waals surface area contributed by atoms with Gasteiger partial charge in [-0.2, -0.15) is 13.2 Å². The number of terminal acetylenes is 1. The standard InChI is InChI=1S/C25H29N3O4.C2HF3O2/c1-5-17-32-22-13-11-19(18-23(22)31-4)12-14-24(29)27-21-10-7-6-9-20(21)25(30)26-15-8-16-28(2)3;3-2(4,5)1(6)7/h1,6-7,9-14,18H,8,15-17H2,2-4H3,(H,26,30)(H,27,29);(H,6,7)/b14-12+;. The van der Waals surface area contributed by atoms with E-state index in [0.29, 0.717) is 29.3 Å². The molecule has 0 aromatic heterocycles. The van der Waals surface area contributed by atoms with E-state index in [1.807, 2.05) is 14.1 Å². The van der Waals surface area contributed by atoms with Gasteiger partial charge in [-0.3, -0.25) is 9.59 Å². The second-order valence-corrected chi connectivity index (χ2v) is 7.99. The number of hydrogen-bond acceptors (Lipinski definition) is 6. The number of ether oxygens (including phenoxy) is 2. The maximum atomic E-state index is 12.5. The predicted molar refractivity (Wildman–Crippen MR) is 141 cm³/mol. The van der Waals surface area contributed by atoms with Crippen molar-refractivity contribution in [2.24, 2.45) is 0 Å². The van der Waals surface area contributed by atoms with E-state index in [9.17, 15) is 22.8 Å². The first-order valence-corrected chi connectivity index (χ1v) is 11.4. The molecule has 0 saturated heterocycles. The minimum absolute atomic E-state index is 0.136. The summed E-state index contributed by atoms with van der Waals surface area (Å²) in [6.45, 7) is 1.57. The van der Waals surface area contributed by atoms with Crippen LogP contribution in [0.15, 0.2) is 48.5 Å². The monoisotopic (exact) mass is 549 g/mol. The van der Waals surface area contributed by atoms with Gasteiger partial charge in [0.2, 0.25) is 5.91 Å².